The minimum Gasteiger partial charge on any atom is -0.244 e. The van der Waals surface area contributed by atoms with Crippen molar-refractivity contribution in [2.75, 3.05) is 0 Å². The first kappa shape index (κ1) is 9.72. The maximum atomic E-state index is 4.23. The summed E-state index contributed by atoms with van der Waals surface area (Å²) >= 11 is 0. The highest BCUT2D eigenvalue weighted by Crippen LogP contribution is 2.17. The topological polar surface area (TPSA) is 53.9 Å². The normalized spacial score (nSPS) is 11.3. The highest BCUT2D eigenvalue weighted by Gasteiger charge is 1.97. The van der Waals surface area contributed by atoms with Gasteiger partial charge in [-0.1, -0.05) is 42.5 Å². The van der Waals surface area contributed by atoms with E-state index in [-0.39, 0.29) is 0 Å². The fourth-order valence-electron chi connectivity index (χ4n) is 1.75. The van der Waals surface area contributed by atoms with E-state index in [1.807, 2.05) is 24.3 Å². The Kier molecular flexibility index (Phi) is 2.38. The lowest BCUT2D eigenvalue weighted by atomic mass is 10.1. The first-order valence-corrected chi connectivity index (χ1v) is 5.31. The van der Waals surface area contributed by atoms with E-state index < -0.39 is 0 Å². The van der Waals surface area contributed by atoms with Gasteiger partial charge in [0.1, 0.15) is 6.33 Å². The first-order chi connectivity index (χ1) is 8.43. The standard InChI is InChI=1S/C13H10N4/c1-2-7-12-10(4-1)5-3-6-11(12)8-14-13-15-9-16-17-13/h1-9H,(H,15,16,17)/b14-8+. The van der Waals surface area contributed by atoms with Crippen LogP contribution in [0.25, 0.3) is 10.8 Å². The molecule has 3 aromatic rings. The van der Waals surface area contributed by atoms with Crippen molar-refractivity contribution in [1.82, 2.24) is 15.2 Å². The van der Waals surface area contributed by atoms with Gasteiger partial charge in [0.15, 0.2) is 0 Å². The molecule has 1 aromatic heterocycles. The Balaban J connectivity index is 2.06. The van der Waals surface area contributed by atoms with E-state index in [0.717, 1.165) is 5.56 Å². The van der Waals surface area contributed by atoms with Crippen molar-refractivity contribution < 1.29 is 0 Å². The molecule has 0 saturated heterocycles. The van der Waals surface area contributed by atoms with Gasteiger partial charge in [0.2, 0.25) is 5.95 Å². The molecule has 2 aromatic carbocycles. The summed E-state index contributed by atoms with van der Waals surface area (Å²) in [4.78, 5) is 8.18. The lowest BCUT2D eigenvalue weighted by Gasteiger charge is -2.00. The van der Waals surface area contributed by atoms with Crippen LogP contribution in [0, 0.1) is 0 Å². The van der Waals surface area contributed by atoms with E-state index in [1.165, 1.54) is 17.1 Å². The van der Waals surface area contributed by atoms with Gasteiger partial charge in [0.25, 0.3) is 0 Å². The molecule has 0 fully saturated rings. The highest BCUT2D eigenvalue weighted by molar-refractivity contribution is 6.00. The van der Waals surface area contributed by atoms with Gasteiger partial charge in [-0.2, -0.15) is 10.1 Å². The first-order valence-electron chi connectivity index (χ1n) is 5.31. The second-order valence-electron chi connectivity index (χ2n) is 3.64. The molecule has 4 nitrogen and oxygen atoms in total. The average molecular weight is 222 g/mol. The van der Waals surface area contributed by atoms with Crippen molar-refractivity contribution in [3.05, 3.63) is 54.4 Å². The third-order valence-electron chi connectivity index (χ3n) is 2.55. The summed E-state index contributed by atoms with van der Waals surface area (Å²) in [6, 6.07) is 14.3. The maximum absolute atomic E-state index is 4.23. The van der Waals surface area contributed by atoms with Crippen molar-refractivity contribution in [3.63, 3.8) is 0 Å². The van der Waals surface area contributed by atoms with Gasteiger partial charge in [-0.3, -0.25) is 0 Å². The number of hydrogen-bond donors (Lipinski definition) is 1. The molecule has 0 aliphatic rings. The van der Waals surface area contributed by atoms with E-state index in [9.17, 15) is 0 Å². The summed E-state index contributed by atoms with van der Waals surface area (Å²) in [5, 5.41) is 8.83. The van der Waals surface area contributed by atoms with Crippen molar-refractivity contribution in [2.24, 2.45) is 4.99 Å². The molecule has 0 unspecified atom stereocenters. The third kappa shape index (κ3) is 1.92. The SMILES string of the molecule is C(=N\c1ncn[nH]1)/c1cccc2ccccc12. The number of H-pyrrole nitrogens is 1. The number of rotatable bonds is 2. The molecule has 0 bridgehead atoms. The molecule has 0 spiro atoms. The smallest absolute Gasteiger partial charge is 0.244 e. The molecule has 3 rings (SSSR count). The predicted molar refractivity (Wildman–Crippen MR) is 67.6 cm³/mol. The second kappa shape index (κ2) is 4.17. The average Bonchev–Trinajstić information content (AvgIpc) is 2.89. The lowest BCUT2D eigenvalue weighted by molar-refractivity contribution is 1.08. The summed E-state index contributed by atoms with van der Waals surface area (Å²) < 4.78 is 0. The van der Waals surface area contributed by atoms with E-state index in [1.54, 1.807) is 6.21 Å². The minimum atomic E-state index is 0.512. The molecular weight excluding hydrogens is 212 g/mol. The molecule has 1 heterocycles. The molecule has 0 saturated carbocycles. The third-order valence-corrected chi connectivity index (χ3v) is 2.55. The number of nitrogens with one attached hydrogen (secondary N) is 1. The molecule has 0 aliphatic carbocycles. The van der Waals surface area contributed by atoms with E-state index >= 15 is 0 Å². The summed E-state index contributed by atoms with van der Waals surface area (Å²) in [6.07, 6.45) is 3.23. The summed E-state index contributed by atoms with van der Waals surface area (Å²) in [6.45, 7) is 0. The zero-order chi connectivity index (χ0) is 11.5. The van der Waals surface area contributed by atoms with Gasteiger partial charge in [0.05, 0.1) is 0 Å². The number of aromatic nitrogens is 3. The van der Waals surface area contributed by atoms with Crippen LogP contribution in [-0.4, -0.2) is 21.4 Å². The van der Waals surface area contributed by atoms with Crippen LogP contribution in [0.4, 0.5) is 5.95 Å². The highest BCUT2D eigenvalue weighted by atomic mass is 15.2. The Bertz CT molecular complexity index is 651. The summed E-state index contributed by atoms with van der Waals surface area (Å²) in [5.74, 6) is 0.512. The molecule has 0 aliphatic heterocycles. The number of fused-ring (bicyclic) bond motifs is 1. The van der Waals surface area contributed by atoms with Gasteiger partial charge >= 0.3 is 0 Å². The Labute approximate surface area is 98.0 Å². The fraction of sp³-hybridized carbons (Fsp3) is 0. The van der Waals surface area contributed by atoms with Gasteiger partial charge < -0.3 is 0 Å². The Morgan fingerprint density at radius 1 is 1.06 bits per heavy atom. The van der Waals surface area contributed by atoms with E-state index in [0.29, 0.717) is 5.95 Å². The molecule has 0 atom stereocenters. The van der Waals surface area contributed by atoms with Crippen LogP contribution in [0.15, 0.2) is 53.8 Å². The molecule has 82 valence electrons. The number of aromatic amines is 1. The number of aliphatic imine (C=N–C) groups is 1. The number of nitrogens with zero attached hydrogens (tertiary/aromatic N) is 3. The van der Waals surface area contributed by atoms with Gasteiger partial charge in [-0.15, -0.1) is 0 Å². The Morgan fingerprint density at radius 3 is 2.82 bits per heavy atom. The quantitative estimate of drug-likeness (QED) is 0.678. The molecule has 0 amide bonds. The Hall–Kier alpha value is -2.49. The minimum absolute atomic E-state index is 0.512. The largest absolute Gasteiger partial charge is 0.245 e. The van der Waals surface area contributed by atoms with Crippen molar-refractivity contribution >= 4 is 22.9 Å². The van der Waals surface area contributed by atoms with Crippen LogP contribution < -0.4 is 0 Å². The van der Waals surface area contributed by atoms with Crippen molar-refractivity contribution in [3.8, 4) is 0 Å². The van der Waals surface area contributed by atoms with Crippen LogP contribution >= 0.6 is 0 Å². The molecule has 0 radical (unpaired) electrons. The van der Waals surface area contributed by atoms with Crippen molar-refractivity contribution in [1.29, 1.82) is 0 Å². The molecule has 17 heavy (non-hydrogen) atoms. The molecular formula is C13H10N4. The van der Waals surface area contributed by atoms with E-state index in [2.05, 4.69) is 38.4 Å². The number of hydrogen-bond acceptors (Lipinski definition) is 3. The predicted octanol–water partition coefficient (Wildman–Crippen LogP) is 2.71. The maximum Gasteiger partial charge on any atom is 0.245 e. The molecule has 4 heteroatoms. The van der Waals surface area contributed by atoms with Gasteiger partial charge in [0, 0.05) is 11.8 Å². The lowest BCUT2D eigenvalue weighted by Crippen LogP contribution is -1.83. The zero-order valence-electron chi connectivity index (χ0n) is 9.04. The second-order valence-corrected chi connectivity index (χ2v) is 3.64. The monoisotopic (exact) mass is 222 g/mol. The van der Waals surface area contributed by atoms with Gasteiger partial charge in [-0.25, -0.2) is 10.1 Å². The zero-order valence-corrected chi connectivity index (χ0v) is 9.04. The van der Waals surface area contributed by atoms with Crippen LogP contribution in [0.1, 0.15) is 5.56 Å². The van der Waals surface area contributed by atoms with Crippen LogP contribution in [0.5, 0.6) is 0 Å². The number of benzene rings is 2. The summed E-state index contributed by atoms with van der Waals surface area (Å²) in [5.41, 5.74) is 1.07. The van der Waals surface area contributed by atoms with Crippen LogP contribution in [0.3, 0.4) is 0 Å². The van der Waals surface area contributed by atoms with Crippen LogP contribution in [-0.2, 0) is 0 Å². The van der Waals surface area contributed by atoms with Crippen LogP contribution in [0.2, 0.25) is 0 Å². The van der Waals surface area contributed by atoms with Crippen molar-refractivity contribution in [2.45, 2.75) is 0 Å². The summed E-state index contributed by atoms with van der Waals surface area (Å²) in [7, 11) is 0. The Morgan fingerprint density at radius 2 is 1.94 bits per heavy atom. The van der Waals surface area contributed by atoms with Gasteiger partial charge in [-0.05, 0) is 10.8 Å². The fourth-order valence-corrected chi connectivity index (χ4v) is 1.75. The van der Waals surface area contributed by atoms with E-state index in [4.69, 9.17) is 0 Å². The molecule has 1 N–H and O–H groups in total.